The van der Waals surface area contributed by atoms with Gasteiger partial charge in [0.2, 0.25) is 5.82 Å². The van der Waals surface area contributed by atoms with Gasteiger partial charge in [-0.05, 0) is 35.6 Å². The van der Waals surface area contributed by atoms with E-state index in [2.05, 4.69) is 32.6 Å². The van der Waals surface area contributed by atoms with E-state index in [1.54, 1.807) is 6.92 Å². The van der Waals surface area contributed by atoms with Gasteiger partial charge in [0.15, 0.2) is 0 Å². The Morgan fingerprint density at radius 1 is 1.12 bits per heavy atom. The zero-order chi connectivity index (χ0) is 23.8. The third kappa shape index (κ3) is 3.76. The number of amides is 2. The first kappa shape index (κ1) is 21.6. The number of carboxylic acids is 1. The minimum absolute atomic E-state index is 0.0770. The van der Waals surface area contributed by atoms with Crippen LogP contribution < -0.4 is 5.32 Å². The summed E-state index contributed by atoms with van der Waals surface area (Å²) in [6.45, 7) is 2.14. The average molecular weight is 461 g/mol. The summed E-state index contributed by atoms with van der Waals surface area (Å²) in [6.07, 6.45) is -0.360. The van der Waals surface area contributed by atoms with Crippen molar-refractivity contribution in [2.45, 2.75) is 25.3 Å². The van der Waals surface area contributed by atoms with Gasteiger partial charge in [0.1, 0.15) is 6.61 Å². The van der Waals surface area contributed by atoms with Crippen molar-refractivity contribution in [3.05, 3.63) is 65.5 Å². The van der Waals surface area contributed by atoms with E-state index in [-0.39, 0.29) is 24.3 Å². The lowest BCUT2D eigenvalue weighted by Crippen LogP contribution is -2.38. The SMILES string of the molecule is CC1C(C(=O)O)CCN1C(=O)c1nc(NC(=O)OCC2c3ccccc3-c3ccccc32)n[nH]1. The monoisotopic (exact) mass is 461 g/mol. The van der Waals surface area contributed by atoms with Crippen LogP contribution in [-0.4, -0.2) is 62.4 Å². The van der Waals surface area contributed by atoms with Crippen LogP contribution in [0.2, 0.25) is 0 Å². The molecule has 0 saturated carbocycles. The number of hydrogen-bond donors (Lipinski definition) is 3. The molecule has 0 bridgehead atoms. The van der Waals surface area contributed by atoms with Crippen molar-refractivity contribution < 1.29 is 24.2 Å². The molecule has 3 aromatic rings. The molecule has 2 aromatic carbocycles. The lowest BCUT2D eigenvalue weighted by molar-refractivity contribution is -0.142. The number of nitrogens with zero attached hydrogens (tertiary/aromatic N) is 3. The van der Waals surface area contributed by atoms with Crippen LogP contribution in [0.5, 0.6) is 0 Å². The van der Waals surface area contributed by atoms with Gasteiger partial charge in [-0.15, -0.1) is 5.10 Å². The number of rotatable bonds is 5. The number of fused-ring (bicyclic) bond motifs is 3. The molecule has 2 atom stereocenters. The Balaban J connectivity index is 1.21. The second-order valence-electron chi connectivity index (χ2n) is 8.43. The largest absolute Gasteiger partial charge is 0.481 e. The predicted octanol–water partition coefficient (Wildman–Crippen LogP) is 3.10. The molecule has 2 unspecified atom stereocenters. The van der Waals surface area contributed by atoms with E-state index in [1.807, 2.05) is 36.4 Å². The van der Waals surface area contributed by atoms with Gasteiger partial charge in [-0.1, -0.05) is 48.5 Å². The van der Waals surface area contributed by atoms with Crippen LogP contribution in [0.3, 0.4) is 0 Å². The van der Waals surface area contributed by atoms with Crippen LogP contribution in [0, 0.1) is 5.92 Å². The Hall–Kier alpha value is -4.21. The molecule has 3 N–H and O–H groups in total. The number of anilines is 1. The first-order chi connectivity index (χ1) is 16.4. The lowest BCUT2D eigenvalue weighted by atomic mass is 9.98. The van der Waals surface area contributed by atoms with Crippen molar-refractivity contribution in [2.24, 2.45) is 5.92 Å². The molecule has 2 heterocycles. The van der Waals surface area contributed by atoms with Crippen LogP contribution in [0.25, 0.3) is 11.1 Å². The van der Waals surface area contributed by atoms with Crippen LogP contribution in [-0.2, 0) is 9.53 Å². The Morgan fingerprint density at radius 2 is 1.76 bits per heavy atom. The molecule has 1 fully saturated rings. The molecular formula is C24H23N5O5. The number of carbonyl (C=O) groups excluding carboxylic acids is 2. The molecule has 174 valence electrons. The predicted molar refractivity (Wildman–Crippen MR) is 121 cm³/mol. The third-order valence-electron chi connectivity index (χ3n) is 6.58. The minimum atomic E-state index is -0.932. The van der Waals surface area contributed by atoms with Gasteiger partial charge in [0.25, 0.3) is 11.9 Å². The minimum Gasteiger partial charge on any atom is -0.481 e. The molecular weight excluding hydrogens is 438 g/mol. The molecule has 0 radical (unpaired) electrons. The molecule has 0 spiro atoms. The van der Waals surface area contributed by atoms with Gasteiger partial charge < -0.3 is 14.7 Å². The van der Waals surface area contributed by atoms with Crippen molar-refractivity contribution in [2.75, 3.05) is 18.5 Å². The van der Waals surface area contributed by atoms with Gasteiger partial charge in [-0.2, -0.15) is 4.98 Å². The Morgan fingerprint density at radius 3 is 2.38 bits per heavy atom. The van der Waals surface area contributed by atoms with E-state index in [1.165, 1.54) is 4.90 Å². The van der Waals surface area contributed by atoms with E-state index in [9.17, 15) is 19.5 Å². The van der Waals surface area contributed by atoms with E-state index in [0.29, 0.717) is 13.0 Å². The maximum absolute atomic E-state index is 12.7. The summed E-state index contributed by atoms with van der Waals surface area (Å²) in [5.74, 6) is -2.28. The molecule has 10 nitrogen and oxygen atoms in total. The average Bonchev–Trinajstić information content (AvgIpc) is 3.53. The molecule has 5 rings (SSSR count). The zero-order valence-electron chi connectivity index (χ0n) is 18.4. The summed E-state index contributed by atoms with van der Waals surface area (Å²) in [5, 5.41) is 18.1. The summed E-state index contributed by atoms with van der Waals surface area (Å²) < 4.78 is 5.47. The number of aromatic amines is 1. The molecule has 34 heavy (non-hydrogen) atoms. The Bertz CT molecular complexity index is 1230. The highest BCUT2D eigenvalue weighted by Crippen LogP contribution is 2.44. The smallest absolute Gasteiger partial charge is 0.414 e. The maximum Gasteiger partial charge on any atom is 0.414 e. The van der Waals surface area contributed by atoms with Crippen LogP contribution in [0.1, 0.15) is 41.0 Å². The summed E-state index contributed by atoms with van der Waals surface area (Å²) in [4.78, 5) is 41.9. The molecule has 2 amide bonds. The number of aromatic nitrogens is 3. The van der Waals surface area contributed by atoms with E-state index in [0.717, 1.165) is 22.3 Å². The number of nitrogens with one attached hydrogen (secondary N) is 2. The second-order valence-corrected chi connectivity index (χ2v) is 8.43. The Labute approximate surface area is 195 Å². The lowest BCUT2D eigenvalue weighted by Gasteiger charge is -2.21. The first-order valence-corrected chi connectivity index (χ1v) is 11.0. The Kier molecular flexibility index (Phi) is 5.48. The van der Waals surface area contributed by atoms with Crippen LogP contribution in [0.15, 0.2) is 48.5 Å². The summed E-state index contributed by atoms with van der Waals surface area (Å²) in [7, 11) is 0. The molecule has 1 saturated heterocycles. The quantitative estimate of drug-likeness (QED) is 0.531. The first-order valence-electron chi connectivity index (χ1n) is 11.0. The van der Waals surface area contributed by atoms with Gasteiger partial charge in [-0.3, -0.25) is 20.0 Å². The standard InChI is InChI=1S/C24H23N5O5/c1-13-14(22(31)32)10-11-29(13)21(30)20-25-23(28-27-20)26-24(33)34-12-19-17-8-4-2-6-15(17)16-7-3-5-9-18(16)19/h2-9,13-14,19H,10-12H2,1H3,(H,31,32)(H2,25,26,27,28,33). The molecule has 10 heteroatoms. The topological polar surface area (TPSA) is 138 Å². The zero-order valence-corrected chi connectivity index (χ0v) is 18.4. The molecule has 2 aliphatic rings. The second kappa shape index (κ2) is 8.62. The number of likely N-dealkylation sites (tertiary alicyclic amines) is 1. The third-order valence-corrected chi connectivity index (χ3v) is 6.58. The fourth-order valence-electron chi connectivity index (χ4n) is 4.83. The van der Waals surface area contributed by atoms with Gasteiger partial charge in [0, 0.05) is 18.5 Å². The molecule has 1 aliphatic carbocycles. The molecule has 1 aromatic heterocycles. The highest BCUT2D eigenvalue weighted by Gasteiger charge is 2.39. The van der Waals surface area contributed by atoms with Crippen molar-refractivity contribution in [3.63, 3.8) is 0 Å². The highest BCUT2D eigenvalue weighted by molar-refractivity contribution is 5.92. The van der Waals surface area contributed by atoms with Gasteiger partial charge in [0.05, 0.1) is 5.92 Å². The van der Waals surface area contributed by atoms with E-state index in [4.69, 9.17) is 4.74 Å². The van der Waals surface area contributed by atoms with Crippen molar-refractivity contribution in [3.8, 4) is 11.1 Å². The number of carbonyl (C=O) groups is 3. The number of ether oxygens (including phenoxy) is 1. The van der Waals surface area contributed by atoms with Gasteiger partial charge in [-0.25, -0.2) is 4.79 Å². The summed E-state index contributed by atoms with van der Waals surface area (Å²) in [5.41, 5.74) is 4.46. The highest BCUT2D eigenvalue weighted by atomic mass is 16.5. The number of carboxylic acid groups (broad SMARTS) is 1. The number of H-pyrrole nitrogens is 1. The van der Waals surface area contributed by atoms with Crippen LogP contribution >= 0.6 is 0 Å². The van der Waals surface area contributed by atoms with Crippen molar-refractivity contribution in [1.82, 2.24) is 20.1 Å². The fraction of sp³-hybridized carbons (Fsp3) is 0.292. The molecule has 1 aliphatic heterocycles. The van der Waals surface area contributed by atoms with Crippen molar-refractivity contribution >= 4 is 23.9 Å². The van der Waals surface area contributed by atoms with Gasteiger partial charge >= 0.3 is 12.1 Å². The summed E-state index contributed by atoms with van der Waals surface area (Å²) in [6, 6.07) is 15.6. The number of benzene rings is 2. The van der Waals surface area contributed by atoms with Crippen LogP contribution in [0.4, 0.5) is 10.7 Å². The summed E-state index contributed by atoms with van der Waals surface area (Å²) >= 11 is 0. The number of hydrogen-bond acceptors (Lipinski definition) is 6. The van der Waals surface area contributed by atoms with E-state index >= 15 is 0 Å². The normalized spacial score (nSPS) is 18.9. The maximum atomic E-state index is 12.7. The number of aliphatic carboxylic acids is 1. The fourth-order valence-corrected chi connectivity index (χ4v) is 4.83. The van der Waals surface area contributed by atoms with E-state index < -0.39 is 29.9 Å². The van der Waals surface area contributed by atoms with Crippen molar-refractivity contribution in [1.29, 1.82) is 0 Å².